The highest BCUT2D eigenvalue weighted by molar-refractivity contribution is 5.88. The predicted molar refractivity (Wildman–Crippen MR) is 88.0 cm³/mol. The fraction of sp³-hybridized carbons (Fsp3) is 0.412. The fourth-order valence-corrected chi connectivity index (χ4v) is 2.80. The second kappa shape index (κ2) is 6.65. The Bertz CT molecular complexity index is 613. The molecule has 0 spiro atoms. The maximum absolute atomic E-state index is 10.4. The van der Waals surface area contributed by atoms with Crippen LogP contribution in [0.3, 0.4) is 0 Å². The van der Waals surface area contributed by atoms with Crippen molar-refractivity contribution in [2.45, 2.75) is 31.9 Å². The molecule has 3 N–H and O–H groups in total. The standard InChI is InChI=1S/C17H21NO2.ClH/c1-2-20-14-10-9-11-5-3-4-6-13(11)15(14)16(18)17(19)12-7-8-12;/h3-6,9-10,12,16-17,19H,2,7-8,18H2,1H3;1H/t16-,17+;/m0./s1. The van der Waals surface area contributed by atoms with Gasteiger partial charge in [0, 0.05) is 5.56 Å². The number of hydrogen-bond acceptors (Lipinski definition) is 3. The van der Waals surface area contributed by atoms with Crippen molar-refractivity contribution < 1.29 is 9.84 Å². The van der Waals surface area contributed by atoms with Gasteiger partial charge in [-0.25, -0.2) is 0 Å². The Morgan fingerprint density at radius 1 is 1.24 bits per heavy atom. The first-order chi connectivity index (χ1) is 9.72. The number of rotatable bonds is 5. The molecule has 0 heterocycles. The van der Waals surface area contributed by atoms with Gasteiger partial charge in [0.1, 0.15) is 5.75 Å². The molecule has 1 saturated carbocycles. The van der Waals surface area contributed by atoms with Crippen LogP contribution in [0, 0.1) is 5.92 Å². The van der Waals surface area contributed by atoms with Crippen molar-refractivity contribution in [3.8, 4) is 5.75 Å². The Morgan fingerprint density at radius 3 is 2.62 bits per heavy atom. The first-order valence-corrected chi connectivity index (χ1v) is 7.30. The van der Waals surface area contributed by atoms with E-state index in [-0.39, 0.29) is 12.4 Å². The van der Waals surface area contributed by atoms with E-state index in [1.54, 1.807) is 0 Å². The van der Waals surface area contributed by atoms with E-state index >= 15 is 0 Å². The van der Waals surface area contributed by atoms with E-state index in [0.29, 0.717) is 12.5 Å². The molecule has 2 atom stereocenters. The highest BCUT2D eigenvalue weighted by Gasteiger charge is 2.35. The van der Waals surface area contributed by atoms with Gasteiger partial charge in [-0.3, -0.25) is 0 Å². The number of hydrogen-bond donors (Lipinski definition) is 2. The fourth-order valence-electron chi connectivity index (χ4n) is 2.80. The Labute approximate surface area is 131 Å². The predicted octanol–water partition coefficient (Wildman–Crippen LogP) is 3.43. The van der Waals surface area contributed by atoms with Gasteiger partial charge >= 0.3 is 0 Å². The summed E-state index contributed by atoms with van der Waals surface area (Å²) in [6.45, 7) is 2.55. The van der Waals surface area contributed by atoms with Gasteiger partial charge < -0.3 is 15.6 Å². The topological polar surface area (TPSA) is 55.5 Å². The molecule has 3 nitrogen and oxygen atoms in total. The third kappa shape index (κ3) is 3.15. The van der Waals surface area contributed by atoms with E-state index in [0.717, 1.165) is 34.9 Å². The van der Waals surface area contributed by atoms with Crippen LogP contribution in [0.2, 0.25) is 0 Å². The van der Waals surface area contributed by atoms with Crippen LogP contribution in [0.1, 0.15) is 31.4 Å². The first-order valence-electron chi connectivity index (χ1n) is 7.30. The van der Waals surface area contributed by atoms with E-state index in [2.05, 4.69) is 6.07 Å². The van der Waals surface area contributed by atoms with Crippen molar-refractivity contribution in [2.24, 2.45) is 11.7 Å². The second-order valence-electron chi connectivity index (χ2n) is 5.49. The number of nitrogens with two attached hydrogens (primary N) is 1. The first kappa shape index (κ1) is 16.1. The highest BCUT2D eigenvalue weighted by atomic mass is 35.5. The second-order valence-corrected chi connectivity index (χ2v) is 5.49. The summed E-state index contributed by atoms with van der Waals surface area (Å²) in [5.41, 5.74) is 7.28. The number of benzene rings is 2. The van der Waals surface area contributed by atoms with E-state index in [1.165, 1.54) is 0 Å². The normalized spacial score (nSPS) is 17.1. The largest absolute Gasteiger partial charge is 0.494 e. The van der Waals surface area contributed by atoms with Gasteiger partial charge in [-0.2, -0.15) is 0 Å². The molecule has 0 radical (unpaired) electrons. The van der Waals surface area contributed by atoms with Crippen LogP contribution in [0.4, 0.5) is 0 Å². The number of fused-ring (bicyclic) bond motifs is 1. The number of halogens is 1. The maximum Gasteiger partial charge on any atom is 0.124 e. The van der Waals surface area contributed by atoms with E-state index in [4.69, 9.17) is 10.5 Å². The third-order valence-corrected chi connectivity index (χ3v) is 4.04. The molecular formula is C17H22ClNO2. The molecule has 21 heavy (non-hydrogen) atoms. The average Bonchev–Trinajstić information content (AvgIpc) is 3.30. The summed E-state index contributed by atoms with van der Waals surface area (Å²) in [6.07, 6.45) is 1.66. The van der Waals surface area contributed by atoms with Gasteiger partial charge in [0.25, 0.3) is 0 Å². The summed E-state index contributed by atoms with van der Waals surface area (Å²) in [5.74, 6) is 1.14. The molecule has 0 bridgehead atoms. The monoisotopic (exact) mass is 307 g/mol. The van der Waals surface area contributed by atoms with E-state index < -0.39 is 12.1 Å². The smallest absolute Gasteiger partial charge is 0.124 e. The van der Waals surface area contributed by atoms with Gasteiger partial charge in [-0.15, -0.1) is 12.4 Å². The Balaban J connectivity index is 0.00000161. The van der Waals surface area contributed by atoms with Crippen molar-refractivity contribution >= 4 is 23.2 Å². The molecule has 114 valence electrons. The van der Waals surface area contributed by atoms with Crippen LogP contribution < -0.4 is 10.5 Å². The minimum Gasteiger partial charge on any atom is -0.494 e. The zero-order valence-electron chi connectivity index (χ0n) is 12.2. The van der Waals surface area contributed by atoms with Crippen LogP contribution in [-0.4, -0.2) is 17.8 Å². The van der Waals surface area contributed by atoms with Crippen molar-refractivity contribution in [2.75, 3.05) is 6.61 Å². The lowest BCUT2D eigenvalue weighted by atomic mass is 9.93. The SMILES string of the molecule is CCOc1ccc2ccccc2c1[C@H](N)[C@H](O)C1CC1.Cl. The van der Waals surface area contributed by atoms with Crippen LogP contribution >= 0.6 is 12.4 Å². The van der Waals surface area contributed by atoms with Crippen molar-refractivity contribution in [3.05, 3.63) is 42.0 Å². The number of aliphatic hydroxyl groups is 1. The molecule has 0 aliphatic heterocycles. The highest BCUT2D eigenvalue weighted by Crippen LogP contribution is 2.41. The molecule has 2 aromatic rings. The molecule has 2 aromatic carbocycles. The quantitative estimate of drug-likeness (QED) is 0.890. The zero-order chi connectivity index (χ0) is 14.1. The zero-order valence-corrected chi connectivity index (χ0v) is 13.0. The summed E-state index contributed by atoms with van der Waals surface area (Å²) in [7, 11) is 0. The summed E-state index contributed by atoms with van der Waals surface area (Å²) in [5, 5.41) is 12.6. The van der Waals surface area contributed by atoms with Crippen LogP contribution in [0.15, 0.2) is 36.4 Å². The lowest BCUT2D eigenvalue weighted by Crippen LogP contribution is -2.28. The summed E-state index contributed by atoms with van der Waals surface area (Å²) >= 11 is 0. The molecule has 0 saturated heterocycles. The summed E-state index contributed by atoms with van der Waals surface area (Å²) in [4.78, 5) is 0. The molecule has 3 rings (SSSR count). The molecule has 1 aliphatic rings. The number of aliphatic hydroxyl groups excluding tert-OH is 1. The number of ether oxygens (including phenoxy) is 1. The van der Waals surface area contributed by atoms with Crippen LogP contribution in [0.5, 0.6) is 5.75 Å². The molecule has 0 unspecified atom stereocenters. The lowest BCUT2D eigenvalue weighted by molar-refractivity contribution is 0.121. The van der Waals surface area contributed by atoms with Crippen molar-refractivity contribution in [1.29, 1.82) is 0 Å². The molecule has 4 heteroatoms. The van der Waals surface area contributed by atoms with Crippen LogP contribution in [-0.2, 0) is 0 Å². The molecule has 0 amide bonds. The van der Waals surface area contributed by atoms with Gasteiger partial charge in [0.15, 0.2) is 0 Å². The van der Waals surface area contributed by atoms with Gasteiger partial charge in [-0.05, 0) is 42.5 Å². The molecule has 0 aromatic heterocycles. The maximum atomic E-state index is 10.4. The molecular weight excluding hydrogens is 286 g/mol. The lowest BCUT2D eigenvalue weighted by Gasteiger charge is -2.23. The summed E-state index contributed by atoms with van der Waals surface area (Å²) in [6, 6.07) is 11.7. The minimum absolute atomic E-state index is 0. The average molecular weight is 308 g/mol. The van der Waals surface area contributed by atoms with Crippen molar-refractivity contribution in [1.82, 2.24) is 0 Å². The van der Waals surface area contributed by atoms with E-state index in [1.807, 2.05) is 37.3 Å². The Kier molecular flexibility index (Phi) is 5.09. The van der Waals surface area contributed by atoms with Gasteiger partial charge in [0.2, 0.25) is 0 Å². The minimum atomic E-state index is -0.486. The molecule has 1 aliphatic carbocycles. The Morgan fingerprint density at radius 2 is 1.95 bits per heavy atom. The van der Waals surface area contributed by atoms with Gasteiger partial charge in [0.05, 0.1) is 18.8 Å². The Hall–Kier alpha value is -1.29. The van der Waals surface area contributed by atoms with Crippen LogP contribution in [0.25, 0.3) is 10.8 Å². The third-order valence-electron chi connectivity index (χ3n) is 4.04. The molecule has 1 fully saturated rings. The van der Waals surface area contributed by atoms with Crippen molar-refractivity contribution in [3.63, 3.8) is 0 Å². The summed E-state index contributed by atoms with van der Waals surface area (Å²) < 4.78 is 5.73. The van der Waals surface area contributed by atoms with Gasteiger partial charge in [-0.1, -0.05) is 30.3 Å². The van der Waals surface area contributed by atoms with E-state index in [9.17, 15) is 5.11 Å².